The van der Waals surface area contributed by atoms with E-state index >= 15 is 0 Å². The van der Waals surface area contributed by atoms with Crippen molar-refractivity contribution in [1.29, 1.82) is 0 Å². The van der Waals surface area contributed by atoms with Crippen LogP contribution in [0.1, 0.15) is 12.0 Å². The van der Waals surface area contributed by atoms with Crippen LogP contribution in [0.2, 0.25) is 0 Å². The molecule has 1 N–H and O–H groups in total. The maximum Gasteiger partial charge on any atom is 0.122 e. The largest absolute Gasteiger partial charge is 0.395 e. The molecule has 0 aliphatic carbocycles. The van der Waals surface area contributed by atoms with E-state index in [2.05, 4.69) is 15.4 Å². The molecule has 0 saturated heterocycles. The van der Waals surface area contributed by atoms with E-state index in [1.165, 1.54) is 0 Å². The average molecular weight is 137 g/mol. The minimum atomic E-state index is 0.695. The van der Waals surface area contributed by atoms with Crippen LogP contribution in [0.3, 0.4) is 0 Å². The summed E-state index contributed by atoms with van der Waals surface area (Å²) in [5, 5.41) is 10.4. The second kappa shape index (κ2) is 2.13. The quantitative estimate of drug-likeness (QED) is 0.614. The Morgan fingerprint density at radius 1 is 1.60 bits per heavy atom. The van der Waals surface area contributed by atoms with Crippen LogP contribution >= 0.6 is 0 Å². The van der Waals surface area contributed by atoms with E-state index in [1.807, 2.05) is 6.20 Å². The lowest BCUT2D eigenvalue weighted by molar-refractivity contribution is 0.174. The predicted molar refractivity (Wildman–Crippen MR) is 35.7 cm³/mol. The number of hydrogen-bond acceptors (Lipinski definition) is 3. The van der Waals surface area contributed by atoms with Crippen LogP contribution in [0.25, 0.3) is 0 Å². The fourth-order valence-electron chi connectivity index (χ4n) is 0.917. The van der Waals surface area contributed by atoms with Crippen molar-refractivity contribution in [3.05, 3.63) is 18.0 Å². The van der Waals surface area contributed by atoms with Crippen molar-refractivity contribution >= 4 is 5.71 Å². The van der Waals surface area contributed by atoms with Crippen LogP contribution in [0.5, 0.6) is 0 Å². The third-order valence-corrected chi connectivity index (χ3v) is 1.44. The lowest BCUT2D eigenvalue weighted by Crippen LogP contribution is -1.93. The van der Waals surface area contributed by atoms with Crippen molar-refractivity contribution in [3.8, 4) is 0 Å². The number of aromatic amines is 1. The maximum absolute atomic E-state index is 4.83. The van der Waals surface area contributed by atoms with Crippen molar-refractivity contribution in [2.45, 2.75) is 6.42 Å². The topological polar surface area (TPSA) is 50.3 Å². The van der Waals surface area contributed by atoms with Gasteiger partial charge < -0.3 is 4.84 Å². The summed E-state index contributed by atoms with van der Waals surface area (Å²) in [6.45, 7) is 0.695. The third-order valence-electron chi connectivity index (χ3n) is 1.44. The Bertz CT molecular complexity index is 240. The van der Waals surface area contributed by atoms with Gasteiger partial charge in [0.05, 0.1) is 11.9 Å². The first-order valence-corrected chi connectivity index (χ1v) is 3.15. The molecular formula is C6H7N3O. The molecule has 0 atom stereocenters. The summed E-state index contributed by atoms with van der Waals surface area (Å²) >= 11 is 0. The van der Waals surface area contributed by atoms with Gasteiger partial charge in [0.15, 0.2) is 0 Å². The lowest BCUT2D eigenvalue weighted by atomic mass is 10.2. The Balaban J connectivity index is 2.28. The Kier molecular flexibility index (Phi) is 1.16. The molecule has 0 amide bonds. The van der Waals surface area contributed by atoms with Crippen molar-refractivity contribution in [3.63, 3.8) is 0 Å². The minimum Gasteiger partial charge on any atom is -0.395 e. The van der Waals surface area contributed by atoms with Gasteiger partial charge in [-0.25, -0.2) is 0 Å². The van der Waals surface area contributed by atoms with Gasteiger partial charge in [-0.1, -0.05) is 5.16 Å². The number of nitrogens with one attached hydrogen (secondary N) is 1. The number of nitrogens with zero attached hydrogens (tertiary/aromatic N) is 2. The van der Waals surface area contributed by atoms with E-state index in [9.17, 15) is 0 Å². The molecule has 1 aliphatic rings. The zero-order valence-corrected chi connectivity index (χ0v) is 5.37. The van der Waals surface area contributed by atoms with Crippen LogP contribution in [0.4, 0.5) is 0 Å². The molecule has 0 fully saturated rings. The summed E-state index contributed by atoms with van der Waals surface area (Å²) in [7, 11) is 0. The zero-order chi connectivity index (χ0) is 6.81. The molecule has 0 unspecified atom stereocenters. The summed E-state index contributed by atoms with van der Waals surface area (Å²) in [5.74, 6) is 0. The highest BCUT2D eigenvalue weighted by Gasteiger charge is 2.10. The Hall–Kier alpha value is -1.32. The molecule has 1 aromatic rings. The molecule has 4 heteroatoms. The SMILES string of the molecule is c1n[nH]cc1C1=NOCC1. The summed E-state index contributed by atoms with van der Waals surface area (Å²) in [6.07, 6.45) is 4.44. The minimum absolute atomic E-state index is 0.695. The Labute approximate surface area is 57.9 Å². The third kappa shape index (κ3) is 0.775. The fraction of sp³-hybridized carbons (Fsp3) is 0.333. The first-order valence-electron chi connectivity index (χ1n) is 3.15. The molecule has 0 saturated carbocycles. The van der Waals surface area contributed by atoms with Crippen LogP contribution in [-0.4, -0.2) is 22.5 Å². The number of hydrogen-bond donors (Lipinski definition) is 1. The first-order chi connectivity index (χ1) is 4.97. The molecule has 0 bridgehead atoms. The molecule has 4 nitrogen and oxygen atoms in total. The van der Waals surface area contributed by atoms with Gasteiger partial charge in [0, 0.05) is 18.2 Å². The normalized spacial score (nSPS) is 16.6. The van der Waals surface area contributed by atoms with E-state index in [-0.39, 0.29) is 0 Å². The van der Waals surface area contributed by atoms with Gasteiger partial charge in [-0.2, -0.15) is 5.10 Å². The summed E-state index contributed by atoms with van der Waals surface area (Å²) < 4.78 is 0. The van der Waals surface area contributed by atoms with E-state index in [0.29, 0.717) is 6.61 Å². The average Bonchev–Trinajstić information content (AvgIpc) is 2.59. The molecular weight excluding hydrogens is 130 g/mol. The Morgan fingerprint density at radius 3 is 3.20 bits per heavy atom. The van der Waals surface area contributed by atoms with Gasteiger partial charge >= 0.3 is 0 Å². The van der Waals surface area contributed by atoms with Gasteiger partial charge in [0.1, 0.15) is 6.61 Å². The molecule has 1 aromatic heterocycles. The van der Waals surface area contributed by atoms with Crippen molar-refractivity contribution in [2.24, 2.45) is 5.16 Å². The molecule has 0 radical (unpaired) electrons. The van der Waals surface area contributed by atoms with E-state index < -0.39 is 0 Å². The second-order valence-electron chi connectivity index (χ2n) is 2.11. The van der Waals surface area contributed by atoms with Crippen LogP contribution in [0, 0.1) is 0 Å². The lowest BCUT2D eigenvalue weighted by Gasteiger charge is -1.85. The van der Waals surface area contributed by atoms with Crippen LogP contribution in [-0.2, 0) is 4.84 Å². The number of aromatic nitrogens is 2. The molecule has 0 aromatic carbocycles. The highest BCUT2D eigenvalue weighted by atomic mass is 16.6. The van der Waals surface area contributed by atoms with E-state index in [1.54, 1.807) is 6.20 Å². The van der Waals surface area contributed by atoms with Gasteiger partial charge in [0.25, 0.3) is 0 Å². The Morgan fingerprint density at radius 2 is 2.60 bits per heavy atom. The fourth-order valence-corrected chi connectivity index (χ4v) is 0.917. The van der Waals surface area contributed by atoms with Crippen molar-refractivity contribution in [2.75, 3.05) is 6.61 Å². The predicted octanol–water partition coefficient (Wildman–Crippen LogP) is 0.534. The van der Waals surface area contributed by atoms with Crippen molar-refractivity contribution < 1.29 is 4.84 Å². The van der Waals surface area contributed by atoms with Crippen LogP contribution in [0.15, 0.2) is 17.5 Å². The van der Waals surface area contributed by atoms with Gasteiger partial charge in [-0.05, 0) is 0 Å². The highest BCUT2D eigenvalue weighted by Crippen LogP contribution is 2.07. The molecule has 52 valence electrons. The number of rotatable bonds is 1. The summed E-state index contributed by atoms with van der Waals surface area (Å²) in [5.41, 5.74) is 2.01. The van der Waals surface area contributed by atoms with Gasteiger partial charge in [-0.15, -0.1) is 0 Å². The van der Waals surface area contributed by atoms with E-state index in [0.717, 1.165) is 17.7 Å². The zero-order valence-electron chi connectivity index (χ0n) is 5.37. The monoisotopic (exact) mass is 137 g/mol. The molecule has 1 aliphatic heterocycles. The van der Waals surface area contributed by atoms with Gasteiger partial charge in [0.2, 0.25) is 0 Å². The molecule has 2 heterocycles. The number of H-pyrrole nitrogens is 1. The van der Waals surface area contributed by atoms with Gasteiger partial charge in [-0.3, -0.25) is 5.10 Å². The molecule has 10 heavy (non-hydrogen) atoms. The first kappa shape index (κ1) is 5.46. The highest BCUT2D eigenvalue weighted by molar-refractivity contribution is 6.00. The standard InChI is InChI=1S/C6H7N3O/c1-2-10-9-6(1)5-3-7-8-4-5/h3-4H,1-2H2,(H,7,8). The molecule has 2 rings (SSSR count). The number of oxime groups is 1. The van der Waals surface area contributed by atoms with E-state index in [4.69, 9.17) is 4.84 Å². The smallest absolute Gasteiger partial charge is 0.122 e. The summed E-state index contributed by atoms with van der Waals surface area (Å²) in [6, 6.07) is 0. The molecule has 0 spiro atoms. The summed E-state index contributed by atoms with van der Waals surface area (Å²) in [4.78, 5) is 4.83. The van der Waals surface area contributed by atoms with Crippen molar-refractivity contribution in [1.82, 2.24) is 10.2 Å². The second-order valence-corrected chi connectivity index (χ2v) is 2.11. The van der Waals surface area contributed by atoms with Crippen LogP contribution < -0.4 is 0 Å². The maximum atomic E-state index is 4.83.